The van der Waals surface area contributed by atoms with Crippen LogP contribution in [0, 0.1) is 0 Å². The van der Waals surface area contributed by atoms with Crippen molar-refractivity contribution in [3.63, 3.8) is 0 Å². The SMILES string of the molecule is COc1cc(C(C(=O)O)C(C)c2ccccc2)cc(OC)c1OC. The van der Waals surface area contributed by atoms with Crippen LogP contribution in [-0.2, 0) is 4.79 Å². The van der Waals surface area contributed by atoms with Crippen LogP contribution >= 0.6 is 0 Å². The zero-order chi connectivity index (χ0) is 17.7. The van der Waals surface area contributed by atoms with Crippen molar-refractivity contribution in [3.05, 3.63) is 53.6 Å². The highest BCUT2D eigenvalue weighted by Crippen LogP contribution is 2.43. The summed E-state index contributed by atoms with van der Waals surface area (Å²) in [7, 11) is 4.54. The Kier molecular flexibility index (Phi) is 5.68. The van der Waals surface area contributed by atoms with Crippen LogP contribution in [-0.4, -0.2) is 32.4 Å². The number of rotatable bonds is 7. The summed E-state index contributed by atoms with van der Waals surface area (Å²) in [6.07, 6.45) is 0. The molecular formula is C19H22O5. The monoisotopic (exact) mass is 330 g/mol. The van der Waals surface area contributed by atoms with Crippen molar-refractivity contribution in [2.75, 3.05) is 21.3 Å². The second-order valence-electron chi connectivity index (χ2n) is 5.47. The first-order valence-electron chi connectivity index (χ1n) is 7.61. The van der Waals surface area contributed by atoms with Crippen molar-refractivity contribution in [1.29, 1.82) is 0 Å². The first-order chi connectivity index (χ1) is 11.5. The lowest BCUT2D eigenvalue weighted by Gasteiger charge is -2.23. The van der Waals surface area contributed by atoms with Crippen LogP contribution in [0.3, 0.4) is 0 Å². The first kappa shape index (κ1) is 17.7. The fraction of sp³-hybridized carbons (Fsp3) is 0.316. The van der Waals surface area contributed by atoms with Crippen molar-refractivity contribution in [3.8, 4) is 17.2 Å². The largest absolute Gasteiger partial charge is 0.493 e. The maximum absolute atomic E-state index is 12.0. The Balaban J connectivity index is 2.54. The normalized spacial score (nSPS) is 13.0. The van der Waals surface area contributed by atoms with Gasteiger partial charge in [0.05, 0.1) is 27.2 Å². The topological polar surface area (TPSA) is 65.0 Å². The number of methoxy groups -OCH3 is 3. The van der Waals surface area contributed by atoms with Crippen LogP contribution in [0.5, 0.6) is 17.2 Å². The Morgan fingerprint density at radius 3 is 1.88 bits per heavy atom. The Morgan fingerprint density at radius 2 is 1.46 bits per heavy atom. The molecule has 0 radical (unpaired) electrons. The summed E-state index contributed by atoms with van der Waals surface area (Å²) < 4.78 is 16.0. The minimum absolute atomic E-state index is 0.216. The molecule has 0 aromatic heterocycles. The third-order valence-electron chi connectivity index (χ3n) is 4.14. The van der Waals surface area contributed by atoms with Crippen LogP contribution in [0.2, 0.25) is 0 Å². The molecule has 2 aromatic rings. The molecule has 2 rings (SSSR count). The van der Waals surface area contributed by atoms with Gasteiger partial charge in [0.2, 0.25) is 5.75 Å². The van der Waals surface area contributed by atoms with E-state index in [1.807, 2.05) is 37.3 Å². The van der Waals surface area contributed by atoms with Crippen molar-refractivity contribution in [1.82, 2.24) is 0 Å². The van der Waals surface area contributed by atoms with Gasteiger partial charge in [-0.25, -0.2) is 0 Å². The van der Waals surface area contributed by atoms with E-state index in [1.165, 1.54) is 21.3 Å². The molecule has 0 saturated heterocycles. The number of hydrogen-bond acceptors (Lipinski definition) is 4. The Labute approximate surface area is 141 Å². The molecule has 1 N–H and O–H groups in total. The summed E-state index contributed by atoms with van der Waals surface area (Å²) in [6, 6.07) is 13.0. The fourth-order valence-corrected chi connectivity index (χ4v) is 2.88. The molecule has 0 bridgehead atoms. The van der Waals surface area contributed by atoms with Crippen LogP contribution in [0.4, 0.5) is 0 Å². The molecule has 5 heteroatoms. The molecule has 5 nitrogen and oxygen atoms in total. The quantitative estimate of drug-likeness (QED) is 0.839. The molecule has 0 heterocycles. The third kappa shape index (κ3) is 3.45. The third-order valence-corrected chi connectivity index (χ3v) is 4.14. The van der Waals surface area contributed by atoms with E-state index in [9.17, 15) is 9.90 Å². The van der Waals surface area contributed by atoms with Gasteiger partial charge in [-0.1, -0.05) is 37.3 Å². The summed E-state index contributed by atoms with van der Waals surface area (Å²) in [4.78, 5) is 12.0. The van der Waals surface area contributed by atoms with Gasteiger partial charge in [-0.05, 0) is 29.2 Å². The minimum Gasteiger partial charge on any atom is -0.493 e. The van der Waals surface area contributed by atoms with Crippen LogP contribution in [0.15, 0.2) is 42.5 Å². The van der Waals surface area contributed by atoms with Gasteiger partial charge in [-0.2, -0.15) is 0 Å². The number of hydrogen-bond donors (Lipinski definition) is 1. The number of ether oxygens (including phenoxy) is 3. The van der Waals surface area contributed by atoms with Crippen molar-refractivity contribution < 1.29 is 24.1 Å². The average Bonchev–Trinajstić information content (AvgIpc) is 2.61. The fourth-order valence-electron chi connectivity index (χ4n) is 2.88. The molecule has 24 heavy (non-hydrogen) atoms. The summed E-state index contributed by atoms with van der Waals surface area (Å²) in [5.41, 5.74) is 1.56. The maximum Gasteiger partial charge on any atom is 0.311 e. The van der Waals surface area contributed by atoms with Crippen molar-refractivity contribution in [2.24, 2.45) is 0 Å². The molecule has 0 aliphatic rings. The van der Waals surface area contributed by atoms with E-state index in [2.05, 4.69) is 0 Å². The number of carbonyl (C=O) groups is 1. The van der Waals surface area contributed by atoms with Crippen LogP contribution in [0.25, 0.3) is 0 Å². The zero-order valence-electron chi connectivity index (χ0n) is 14.3. The van der Waals surface area contributed by atoms with Crippen molar-refractivity contribution in [2.45, 2.75) is 18.8 Å². The van der Waals surface area contributed by atoms with E-state index in [0.29, 0.717) is 22.8 Å². The number of carboxylic acid groups (broad SMARTS) is 1. The van der Waals surface area contributed by atoms with Crippen LogP contribution < -0.4 is 14.2 Å². The van der Waals surface area contributed by atoms with Gasteiger partial charge in [0.1, 0.15) is 0 Å². The molecule has 128 valence electrons. The minimum atomic E-state index is -0.902. The molecule has 0 spiro atoms. The van der Waals surface area contributed by atoms with Gasteiger partial charge >= 0.3 is 5.97 Å². The van der Waals surface area contributed by atoms with Gasteiger partial charge in [0, 0.05) is 0 Å². The first-order valence-corrected chi connectivity index (χ1v) is 7.61. The highest BCUT2D eigenvalue weighted by Gasteiger charge is 2.30. The van der Waals surface area contributed by atoms with Gasteiger partial charge in [-0.15, -0.1) is 0 Å². The molecule has 2 atom stereocenters. The zero-order valence-corrected chi connectivity index (χ0v) is 14.3. The molecule has 0 fully saturated rings. The van der Waals surface area contributed by atoms with Gasteiger partial charge in [-0.3, -0.25) is 4.79 Å². The highest BCUT2D eigenvalue weighted by atomic mass is 16.5. The Hall–Kier alpha value is -2.69. The molecule has 2 aromatic carbocycles. The standard InChI is InChI=1S/C19H22O5/c1-12(13-8-6-5-7-9-13)17(19(20)21)14-10-15(22-2)18(24-4)16(11-14)23-3/h5-12,17H,1-4H3,(H,20,21). The molecule has 0 amide bonds. The lowest BCUT2D eigenvalue weighted by molar-refractivity contribution is -0.139. The second kappa shape index (κ2) is 7.73. The number of aliphatic carboxylic acids is 1. The molecule has 0 saturated carbocycles. The predicted octanol–water partition coefficient (Wildman–Crippen LogP) is 3.68. The summed E-state index contributed by atoms with van der Waals surface area (Å²) in [5.74, 6) is -0.523. The van der Waals surface area contributed by atoms with E-state index in [4.69, 9.17) is 14.2 Å². The average molecular weight is 330 g/mol. The predicted molar refractivity (Wildman–Crippen MR) is 91.3 cm³/mol. The van der Waals surface area contributed by atoms with Gasteiger partial charge in [0.25, 0.3) is 0 Å². The molecule has 0 aliphatic carbocycles. The van der Waals surface area contributed by atoms with Gasteiger partial charge < -0.3 is 19.3 Å². The van der Waals surface area contributed by atoms with Crippen molar-refractivity contribution >= 4 is 5.97 Å². The Morgan fingerprint density at radius 1 is 0.917 bits per heavy atom. The lowest BCUT2D eigenvalue weighted by Crippen LogP contribution is -2.18. The lowest BCUT2D eigenvalue weighted by atomic mass is 9.82. The van der Waals surface area contributed by atoms with Gasteiger partial charge in [0.15, 0.2) is 11.5 Å². The Bertz CT molecular complexity index is 671. The molecule has 0 aliphatic heterocycles. The molecular weight excluding hydrogens is 308 g/mol. The van der Waals surface area contributed by atoms with E-state index in [1.54, 1.807) is 12.1 Å². The second-order valence-corrected chi connectivity index (χ2v) is 5.47. The van der Waals surface area contributed by atoms with E-state index in [-0.39, 0.29) is 5.92 Å². The van der Waals surface area contributed by atoms with E-state index < -0.39 is 11.9 Å². The van der Waals surface area contributed by atoms with Crippen LogP contribution in [0.1, 0.15) is 29.9 Å². The van der Waals surface area contributed by atoms with E-state index in [0.717, 1.165) is 5.56 Å². The summed E-state index contributed by atoms with van der Waals surface area (Å²) >= 11 is 0. The maximum atomic E-state index is 12.0. The summed E-state index contributed by atoms with van der Waals surface area (Å²) in [5, 5.41) is 9.80. The smallest absolute Gasteiger partial charge is 0.311 e. The van der Waals surface area contributed by atoms with E-state index >= 15 is 0 Å². The molecule has 2 unspecified atom stereocenters. The summed E-state index contributed by atoms with van der Waals surface area (Å²) in [6.45, 7) is 1.90. The highest BCUT2D eigenvalue weighted by molar-refractivity contribution is 5.78. The number of benzene rings is 2. The number of carboxylic acids is 1.